The van der Waals surface area contributed by atoms with Gasteiger partial charge in [0.05, 0.1) is 15.1 Å². The van der Waals surface area contributed by atoms with E-state index >= 15 is 0 Å². The topological polar surface area (TPSA) is 77.5 Å². The molecule has 0 atom stereocenters. The molecule has 0 aliphatic heterocycles. The van der Waals surface area contributed by atoms with Crippen molar-refractivity contribution in [1.29, 1.82) is 0 Å². The van der Waals surface area contributed by atoms with E-state index in [0.717, 1.165) is 23.2 Å². The van der Waals surface area contributed by atoms with Gasteiger partial charge in [-0.2, -0.15) is 4.99 Å². The van der Waals surface area contributed by atoms with Crippen LogP contribution in [0.4, 0.5) is 5.69 Å². The Hall–Kier alpha value is -3.06. The summed E-state index contributed by atoms with van der Waals surface area (Å²) in [5.41, 5.74) is 1.80. The van der Waals surface area contributed by atoms with Gasteiger partial charge in [0.15, 0.2) is 4.80 Å². The number of nitro benzene ring substituents is 1. The maximum Gasteiger partial charge on any atom is 0.272 e. The van der Waals surface area contributed by atoms with Crippen LogP contribution < -0.4 is 4.80 Å². The van der Waals surface area contributed by atoms with Gasteiger partial charge in [-0.15, -0.1) is 0 Å². The Morgan fingerprint density at radius 2 is 1.96 bits per heavy atom. The third kappa shape index (κ3) is 3.94. The number of amides is 1. The van der Waals surface area contributed by atoms with E-state index < -0.39 is 4.92 Å². The fourth-order valence-electron chi connectivity index (χ4n) is 2.55. The standard InChI is InChI=1S/C19H17N3O3S/c1-2-13-21-16-5-3-4-6-17(16)26-19(21)20-18(23)12-9-14-7-10-15(11-8-14)22(24)25/h3-12H,2,13H2,1H3/b12-9+,20-19?. The molecule has 6 nitrogen and oxygen atoms in total. The number of carbonyl (C=O) groups is 1. The van der Waals surface area contributed by atoms with Gasteiger partial charge in [-0.05, 0) is 42.3 Å². The average Bonchev–Trinajstić information content (AvgIpc) is 2.98. The second-order valence-electron chi connectivity index (χ2n) is 5.64. The average molecular weight is 367 g/mol. The highest BCUT2D eigenvalue weighted by molar-refractivity contribution is 7.16. The van der Waals surface area contributed by atoms with Gasteiger partial charge in [-0.25, -0.2) is 0 Å². The number of non-ortho nitro benzene ring substituents is 1. The van der Waals surface area contributed by atoms with Crippen LogP contribution in [0.25, 0.3) is 16.3 Å². The van der Waals surface area contributed by atoms with Crippen LogP contribution >= 0.6 is 11.3 Å². The summed E-state index contributed by atoms with van der Waals surface area (Å²) < 4.78 is 3.14. The summed E-state index contributed by atoms with van der Waals surface area (Å²) in [7, 11) is 0. The molecule has 1 amide bonds. The van der Waals surface area contributed by atoms with Crippen molar-refractivity contribution in [2.75, 3.05) is 0 Å². The molecule has 1 aromatic heterocycles. The highest BCUT2D eigenvalue weighted by atomic mass is 32.1. The number of thiazole rings is 1. The number of para-hydroxylation sites is 1. The van der Waals surface area contributed by atoms with Gasteiger partial charge in [0.25, 0.3) is 11.6 Å². The fraction of sp³-hybridized carbons (Fsp3) is 0.158. The van der Waals surface area contributed by atoms with Crippen molar-refractivity contribution in [3.8, 4) is 0 Å². The van der Waals surface area contributed by atoms with Crippen molar-refractivity contribution in [1.82, 2.24) is 4.57 Å². The quantitative estimate of drug-likeness (QED) is 0.386. The fourth-order valence-corrected chi connectivity index (χ4v) is 3.61. The SMILES string of the molecule is CCCn1c(=NC(=O)/C=C/c2ccc([N+](=O)[O-])cc2)sc2ccccc21. The molecule has 0 unspecified atom stereocenters. The predicted molar refractivity (Wildman–Crippen MR) is 103 cm³/mol. The molecule has 26 heavy (non-hydrogen) atoms. The van der Waals surface area contributed by atoms with Gasteiger partial charge in [-0.1, -0.05) is 30.4 Å². The van der Waals surface area contributed by atoms with E-state index in [2.05, 4.69) is 16.5 Å². The van der Waals surface area contributed by atoms with Crippen molar-refractivity contribution < 1.29 is 9.72 Å². The van der Waals surface area contributed by atoms with E-state index in [1.165, 1.54) is 29.5 Å². The zero-order chi connectivity index (χ0) is 18.5. The van der Waals surface area contributed by atoms with Crippen molar-refractivity contribution in [3.63, 3.8) is 0 Å². The molecule has 0 aliphatic carbocycles. The minimum Gasteiger partial charge on any atom is -0.316 e. The Bertz CT molecular complexity index is 1050. The smallest absolute Gasteiger partial charge is 0.272 e. The molecule has 3 rings (SSSR count). The number of hydrogen-bond acceptors (Lipinski definition) is 4. The maximum atomic E-state index is 12.2. The molecule has 0 spiro atoms. The molecule has 0 saturated carbocycles. The molecular formula is C19H17N3O3S. The molecule has 0 saturated heterocycles. The Kier molecular flexibility index (Phi) is 5.38. The summed E-state index contributed by atoms with van der Waals surface area (Å²) in [6.07, 6.45) is 3.93. The van der Waals surface area contributed by atoms with Crippen LogP contribution in [0.15, 0.2) is 59.6 Å². The van der Waals surface area contributed by atoms with E-state index in [1.54, 1.807) is 18.2 Å². The number of nitro groups is 1. The van der Waals surface area contributed by atoms with Crippen LogP contribution in [0.5, 0.6) is 0 Å². The first kappa shape index (κ1) is 17.8. The first-order valence-electron chi connectivity index (χ1n) is 8.18. The van der Waals surface area contributed by atoms with Crippen LogP contribution in [0.1, 0.15) is 18.9 Å². The third-order valence-electron chi connectivity index (χ3n) is 3.76. The van der Waals surface area contributed by atoms with Gasteiger partial charge >= 0.3 is 0 Å². The van der Waals surface area contributed by atoms with Crippen LogP contribution in [0.2, 0.25) is 0 Å². The molecule has 7 heteroatoms. The Labute approximate surface area is 153 Å². The zero-order valence-corrected chi connectivity index (χ0v) is 15.0. The van der Waals surface area contributed by atoms with E-state index in [4.69, 9.17) is 0 Å². The Morgan fingerprint density at radius 1 is 1.23 bits per heavy atom. The van der Waals surface area contributed by atoms with Crippen LogP contribution in [-0.4, -0.2) is 15.4 Å². The number of benzene rings is 2. The first-order chi connectivity index (χ1) is 12.6. The molecule has 3 aromatic rings. The maximum absolute atomic E-state index is 12.2. The highest BCUT2D eigenvalue weighted by Crippen LogP contribution is 2.17. The Balaban J connectivity index is 1.87. The van der Waals surface area contributed by atoms with Gasteiger partial charge < -0.3 is 4.57 Å². The van der Waals surface area contributed by atoms with E-state index in [-0.39, 0.29) is 11.6 Å². The van der Waals surface area contributed by atoms with Crippen molar-refractivity contribution in [3.05, 3.63) is 75.1 Å². The number of aryl methyl sites for hydroxylation is 1. The number of carbonyl (C=O) groups excluding carboxylic acids is 1. The summed E-state index contributed by atoms with van der Waals surface area (Å²) in [4.78, 5) is 27.3. The molecule has 2 aromatic carbocycles. The molecule has 0 fully saturated rings. The Morgan fingerprint density at radius 3 is 2.65 bits per heavy atom. The van der Waals surface area contributed by atoms with Gasteiger partial charge in [-0.3, -0.25) is 14.9 Å². The normalized spacial score (nSPS) is 12.1. The summed E-state index contributed by atoms with van der Waals surface area (Å²) in [6.45, 7) is 2.88. The number of hydrogen-bond donors (Lipinski definition) is 0. The second-order valence-corrected chi connectivity index (χ2v) is 6.65. The molecule has 1 heterocycles. The summed E-state index contributed by atoms with van der Waals surface area (Å²) in [5, 5.41) is 10.7. The lowest BCUT2D eigenvalue weighted by atomic mass is 10.2. The van der Waals surface area contributed by atoms with Crippen LogP contribution in [0.3, 0.4) is 0 Å². The largest absolute Gasteiger partial charge is 0.316 e. The highest BCUT2D eigenvalue weighted by Gasteiger charge is 2.06. The summed E-state index contributed by atoms with van der Waals surface area (Å²) in [6, 6.07) is 14.0. The zero-order valence-electron chi connectivity index (χ0n) is 14.2. The molecule has 0 aliphatic rings. The minimum absolute atomic E-state index is 0.0176. The lowest BCUT2D eigenvalue weighted by Gasteiger charge is -2.01. The minimum atomic E-state index is -0.456. The predicted octanol–water partition coefficient (Wildman–Crippen LogP) is 4.16. The number of nitrogens with zero attached hydrogens (tertiary/aromatic N) is 3. The van der Waals surface area contributed by atoms with Crippen LogP contribution in [0, 0.1) is 10.1 Å². The van der Waals surface area contributed by atoms with Crippen molar-refractivity contribution in [2.24, 2.45) is 4.99 Å². The van der Waals surface area contributed by atoms with Gasteiger partial charge in [0.2, 0.25) is 0 Å². The first-order valence-corrected chi connectivity index (χ1v) is 8.99. The van der Waals surface area contributed by atoms with E-state index in [1.807, 2.05) is 24.3 Å². The molecule has 132 valence electrons. The lowest BCUT2D eigenvalue weighted by Crippen LogP contribution is -2.16. The molecular weight excluding hydrogens is 350 g/mol. The third-order valence-corrected chi connectivity index (χ3v) is 4.82. The summed E-state index contributed by atoms with van der Waals surface area (Å²) >= 11 is 1.49. The molecule has 0 N–H and O–H groups in total. The van der Waals surface area contributed by atoms with Gasteiger partial charge in [0, 0.05) is 24.8 Å². The van der Waals surface area contributed by atoms with Crippen molar-refractivity contribution >= 4 is 39.2 Å². The molecule has 0 bridgehead atoms. The monoisotopic (exact) mass is 367 g/mol. The van der Waals surface area contributed by atoms with Gasteiger partial charge in [0.1, 0.15) is 0 Å². The number of fused-ring (bicyclic) bond motifs is 1. The number of rotatable bonds is 5. The van der Waals surface area contributed by atoms with Crippen molar-refractivity contribution in [2.45, 2.75) is 19.9 Å². The van der Waals surface area contributed by atoms with E-state index in [9.17, 15) is 14.9 Å². The summed E-state index contributed by atoms with van der Waals surface area (Å²) in [5.74, 6) is -0.361. The second kappa shape index (κ2) is 7.88. The van der Waals surface area contributed by atoms with Crippen LogP contribution in [-0.2, 0) is 11.3 Å². The van der Waals surface area contributed by atoms with E-state index in [0.29, 0.717) is 10.4 Å². The number of aromatic nitrogens is 1. The molecule has 0 radical (unpaired) electrons. The lowest BCUT2D eigenvalue weighted by molar-refractivity contribution is -0.384.